The standard InChI is InChI=1S/C30H29ClN2O7S/c1-7-12-40-27-20(31)13-18(14-23(27)38-8-2)15-24-28(34)33-26(19-10-11-21(36-5)22(16-19)37-6)25(29(35)39-9-3)17(4)32-30(33)41-24/h1,10-11,13-16,26H,8-9,12H2,2-6H3/b24-15+/t26-/m1/s1. The van der Waals surface area contributed by atoms with Crippen LogP contribution in [0.25, 0.3) is 6.08 Å². The molecule has 0 radical (unpaired) electrons. The summed E-state index contributed by atoms with van der Waals surface area (Å²) >= 11 is 7.69. The number of thiazole rings is 1. The van der Waals surface area contributed by atoms with Gasteiger partial charge in [0.2, 0.25) is 0 Å². The topological polar surface area (TPSA) is 97.6 Å². The molecule has 41 heavy (non-hydrogen) atoms. The van der Waals surface area contributed by atoms with Gasteiger partial charge in [-0.05, 0) is 62.2 Å². The third kappa shape index (κ3) is 5.97. The summed E-state index contributed by atoms with van der Waals surface area (Å²) in [6, 6.07) is 7.82. The van der Waals surface area contributed by atoms with Crippen LogP contribution in [0.5, 0.6) is 23.0 Å². The van der Waals surface area contributed by atoms with Gasteiger partial charge in [-0.1, -0.05) is 34.9 Å². The number of methoxy groups -OCH3 is 2. The number of aromatic nitrogens is 1. The van der Waals surface area contributed by atoms with Crippen LogP contribution in [0, 0.1) is 12.3 Å². The molecule has 0 saturated heterocycles. The summed E-state index contributed by atoms with van der Waals surface area (Å²) in [6.45, 7) is 5.84. The summed E-state index contributed by atoms with van der Waals surface area (Å²) in [7, 11) is 3.05. The number of hydrogen-bond acceptors (Lipinski definition) is 9. The Morgan fingerprint density at radius 1 is 1.12 bits per heavy atom. The van der Waals surface area contributed by atoms with Crippen LogP contribution in [-0.2, 0) is 9.53 Å². The SMILES string of the molecule is C#CCOc1c(Cl)cc(/C=c2/sc3n(c2=O)[C@H](c2ccc(OC)c(OC)c2)C(C(=O)OCC)=C(C)N=3)cc1OCC. The minimum Gasteiger partial charge on any atom is -0.493 e. The van der Waals surface area contributed by atoms with Gasteiger partial charge >= 0.3 is 5.97 Å². The Morgan fingerprint density at radius 2 is 1.88 bits per heavy atom. The minimum absolute atomic E-state index is 0.0238. The second kappa shape index (κ2) is 13.0. The predicted octanol–water partition coefficient (Wildman–Crippen LogP) is 3.88. The minimum atomic E-state index is -0.811. The van der Waals surface area contributed by atoms with E-state index in [0.717, 1.165) is 0 Å². The van der Waals surface area contributed by atoms with E-state index in [9.17, 15) is 9.59 Å². The normalized spacial score (nSPS) is 14.6. The molecule has 0 fully saturated rings. The van der Waals surface area contributed by atoms with E-state index in [-0.39, 0.29) is 29.4 Å². The number of halogens is 1. The number of esters is 1. The zero-order chi connectivity index (χ0) is 29.7. The largest absolute Gasteiger partial charge is 0.493 e. The number of carbonyl (C=O) groups is 1. The zero-order valence-corrected chi connectivity index (χ0v) is 24.9. The van der Waals surface area contributed by atoms with Crippen LogP contribution < -0.4 is 33.8 Å². The van der Waals surface area contributed by atoms with Crippen molar-refractivity contribution in [1.29, 1.82) is 0 Å². The summed E-state index contributed by atoms with van der Waals surface area (Å²) in [4.78, 5) is 32.2. The van der Waals surface area contributed by atoms with Crippen molar-refractivity contribution in [3.63, 3.8) is 0 Å². The lowest BCUT2D eigenvalue weighted by Crippen LogP contribution is -2.40. The third-order valence-corrected chi connectivity index (χ3v) is 7.43. The molecule has 2 aromatic carbocycles. The molecular weight excluding hydrogens is 568 g/mol. The Hall–Kier alpha value is -4.20. The van der Waals surface area contributed by atoms with Crippen molar-refractivity contribution < 1.29 is 28.5 Å². The predicted molar refractivity (Wildman–Crippen MR) is 157 cm³/mol. The summed E-state index contributed by atoms with van der Waals surface area (Å²) in [5.41, 5.74) is 1.61. The Labute approximate surface area is 246 Å². The van der Waals surface area contributed by atoms with Crippen molar-refractivity contribution in [2.75, 3.05) is 34.0 Å². The van der Waals surface area contributed by atoms with Gasteiger partial charge < -0.3 is 23.7 Å². The summed E-state index contributed by atoms with van der Waals surface area (Å²) in [6.07, 6.45) is 7.02. The summed E-state index contributed by atoms with van der Waals surface area (Å²) in [5.74, 6) is 3.55. The van der Waals surface area contributed by atoms with Gasteiger partial charge in [0.15, 0.2) is 27.8 Å². The summed E-state index contributed by atoms with van der Waals surface area (Å²) in [5, 5.41) is 0.286. The number of ether oxygens (including phenoxy) is 5. The molecule has 1 aliphatic heterocycles. The highest BCUT2D eigenvalue weighted by atomic mass is 35.5. The maximum atomic E-state index is 14.0. The van der Waals surface area contributed by atoms with Gasteiger partial charge in [0.1, 0.15) is 6.61 Å². The fourth-order valence-corrected chi connectivity index (χ4v) is 5.79. The van der Waals surface area contributed by atoms with Crippen molar-refractivity contribution in [2.45, 2.75) is 26.8 Å². The van der Waals surface area contributed by atoms with Crippen LogP contribution in [0.2, 0.25) is 5.02 Å². The maximum Gasteiger partial charge on any atom is 0.338 e. The lowest BCUT2D eigenvalue weighted by molar-refractivity contribution is -0.139. The molecule has 0 unspecified atom stereocenters. The monoisotopic (exact) mass is 596 g/mol. The van der Waals surface area contributed by atoms with Gasteiger partial charge in [-0.2, -0.15) is 0 Å². The van der Waals surface area contributed by atoms with Crippen molar-refractivity contribution in [2.24, 2.45) is 4.99 Å². The van der Waals surface area contributed by atoms with E-state index in [4.69, 9.17) is 41.7 Å². The highest BCUT2D eigenvalue weighted by Gasteiger charge is 2.34. The van der Waals surface area contributed by atoms with E-state index in [0.29, 0.717) is 55.8 Å². The molecule has 1 aliphatic rings. The quantitative estimate of drug-likeness (QED) is 0.259. The fourth-order valence-electron chi connectivity index (χ4n) is 4.47. The number of nitrogens with zero attached hydrogens (tertiary/aromatic N) is 2. The first-order chi connectivity index (χ1) is 19.8. The molecule has 0 amide bonds. The maximum absolute atomic E-state index is 14.0. The Morgan fingerprint density at radius 3 is 2.54 bits per heavy atom. The van der Waals surface area contributed by atoms with E-state index < -0.39 is 12.0 Å². The van der Waals surface area contributed by atoms with E-state index >= 15 is 0 Å². The van der Waals surface area contributed by atoms with E-state index in [2.05, 4.69) is 10.9 Å². The average molecular weight is 597 g/mol. The molecule has 1 aromatic heterocycles. The van der Waals surface area contributed by atoms with Gasteiger partial charge in [0, 0.05) is 0 Å². The van der Waals surface area contributed by atoms with E-state index in [1.165, 1.54) is 30.1 Å². The lowest BCUT2D eigenvalue weighted by Gasteiger charge is -2.25. The first kappa shape index (κ1) is 29.8. The van der Waals surface area contributed by atoms with Gasteiger partial charge in [0.05, 0.1) is 54.3 Å². The number of terminal acetylenes is 1. The van der Waals surface area contributed by atoms with Crippen LogP contribution >= 0.6 is 22.9 Å². The molecule has 0 aliphatic carbocycles. The van der Waals surface area contributed by atoms with Crippen LogP contribution in [0.4, 0.5) is 0 Å². The highest BCUT2D eigenvalue weighted by molar-refractivity contribution is 7.07. The number of allylic oxidation sites excluding steroid dienone is 1. The Kier molecular flexibility index (Phi) is 9.42. The van der Waals surface area contributed by atoms with Crippen LogP contribution in [-0.4, -0.2) is 44.6 Å². The molecule has 2 heterocycles. The number of carbonyl (C=O) groups excluding carboxylic acids is 1. The molecule has 1 atom stereocenters. The van der Waals surface area contributed by atoms with Crippen LogP contribution in [0.1, 0.15) is 37.9 Å². The summed E-state index contributed by atoms with van der Waals surface area (Å²) < 4.78 is 29.4. The lowest BCUT2D eigenvalue weighted by atomic mass is 9.95. The van der Waals surface area contributed by atoms with Gasteiger partial charge in [-0.15, -0.1) is 6.42 Å². The van der Waals surface area contributed by atoms with E-state index in [1.54, 1.807) is 50.3 Å². The Bertz CT molecular complexity index is 1730. The number of fused-ring (bicyclic) bond motifs is 1. The molecular formula is C30H29ClN2O7S. The number of rotatable bonds is 10. The van der Waals surface area contributed by atoms with E-state index in [1.807, 2.05) is 6.92 Å². The molecule has 0 spiro atoms. The second-order valence-corrected chi connectivity index (χ2v) is 10.1. The Balaban J connectivity index is 1.93. The first-order valence-corrected chi connectivity index (χ1v) is 13.9. The first-order valence-electron chi connectivity index (χ1n) is 12.7. The number of benzene rings is 2. The molecule has 11 heteroatoms. The van der Waals surface area contributed by atoms with Gasteiger partial charge in [0.25, 0.3) is 5.56 Å². The number of hydrogen-bond donors (Lipinski definition) is 0. The highest BCUT2D eigenvalue weighted by Crippen LogP contribution is 2.38. The third-order valence-electron chi connectivity index (χ3n) is 6.17. The van der Waals surface area contributed by atoms with Crippen molar-refractivity contribution in [1.82, 2.24) is 4.57 Å². The molecule has 214 valence electrons. The molecule has 0 bridgehead atoms. The average Bonchev–Trinajstić information content (AvgIpc) is 3.25. The zero-order valence-electron chi connectivity index (χ0n) is 23.3. The molecule has 9 nitrogen and oxygen atoms in total. The van der Waals surface area contributed by atoms with Crippen molar-refractivity contribution in [3.8, 4) is 35.3 Å². The smallest absolute Gasteiger partial charge is 0.338 e. The molecule has 3 aromatic rings. The second-order valence-electron chi connectivity index (χ2n) is 8.67. The van der Waals surface area contributed by atoms with Gasteiger partial charge in [-0.25, -0.2) is 9.79 Å². The van der Waals surface area contributed by atoms with Crippen LogP contribution in [0.3, 0.4) is 0 Å². The van der Waals surface area contributed by atoms with Gasteiger partial charge in [-0.3, -0.25) is 9.36 Å². The van der Waals surface area contributed by atoms with Crippen molar-refractivity contribution in [3.05, 3.63) is 77.4 Å². The molecule has 4 rings (SSSR count). The molecule has 0 saturated carbocycles. The molecule has 0 N–H and O–H groups in total. The fraction of sp³-hybridized carbons (Fsp3) is 0.300. The van der Waals surface area contributed by atoms with Crippen molar-refractivity contribution >= 4 is 35.0 Å². The van der Waals surface area contributed by atoms with Crippen LogP contribution in [0.15, 0.2) is 51.4 Å².